The Kier molecular flexibility index (Phi) is 3.70. The third-order valence-corrected chi connectivity index (χ3v) is 4.19. The summed E-state index contributed by atoms with van der Waals surface area (Å²) in [5.74, 6) is -0.210. The monoisotopic (exact) mass is 307 g/mol. The molecule has 0 saturated heterocycles. The molecule has 0 N–H and O–H groups in total. The molecule has 3 aromatic rings. The van der Waals surface area contributed by atoms with Crippen molar-refractivity contribution in [2.45, 2.75) is 6.61 Å². The average Bonchev–Trinajstić information content (AvgIpc) is 2.84. The van der Waals surface area contributed by atoms with E-state index in [1.54, 1.807) is 19.2 Å². The van der Waals surface area contributed by atoms with Gasteiger partial charge in [0.05, 0.1) is 17.0 Å². The zero-order valence-electron chi connectivity index (χ0n) is 10.7. The molecule has 0 unspecified atom stereocenters. The van der Waals surface area contributed by atoms with Crippen molar-refractivity contribution in [2.75, 3.05) is 7.11 Å². The van der Waals surface area contributed by atoms with Crippen molar-refractivity contribution in [3.8, 4) is 11.3 Å². The Bertz CT molecular complexity index is 772. The highest BCUT2D eigenvalue weighted by Crippen LogP contribution is 2.35. The van der Waals surface area contributed by atoms with E-state index in [4.69, 9.17) is 16.3 Å². The highest BCUT2D eigenvalue weighted by atomic mass is 35.5. The van der Waals surface area contributed by atoms with E-state index >= 15 is 0 Å². The van der Waals surface area contributed by atoms with Gasteiger partial charge in [0.2, 0.25) is 0 Å². The van der Waals surface area contributed by atoms with E-state index in [1.807, 2.05) is 17.5 Å². The van der Waals surface area contributed by atoms with Crippen LogP contribution in [-0.4, -0.2) is 12.1 Å². The Morgan fingerprint density at radius 1 is 1.35 bits per heavy atom. The van der Waals surface area contributed by atoms with Crippen LogP contribution in [0.3, 0.4) is 0 Å². The number of hydrogen-bond donors (Lipinski definition) is 0. The topological polar surface area (TPSA) is 22.1 Å². The lowest BCUT2D eigenvalue weighted by Gasteiger charge is -2.05. The summed E-state index contributed by atoms with van der Waals surface area (Å²) in [4.78, 5) is 4.33. The number of benzene rings is 1. The summed E-state index contributed by atoms with van der Waals surface area (Å²) in [5.41, 5.74) is 2.57. The summed E-state index contributed by atoms with van der Waals surface area (Å²) in [5, 5.41) is 3.17. The van der Waals surface area contributed by atoms with Gasteiger partial charge in [-0.05, 0) is 23.8 Å². The molecule has 0 spiro atoms. The normalized spacial score (nSPS) is 11.2. The van der Waals surface area contributed by atoms with Crippen LogP contribution in [0.15, 0.2) is 35.7 Å². The number of methoxy groups -OCH3 is 1. The molecule has 0 fully saturated rings. The van der Waals surface area contributed by atoms with Gasteiger partial charge in [-0.2, -0.15) is 0 Å². The molecule has 5 heteroatoms. The van der Waals surface area contributed by atoms with Crippen LogP contribution in [0.5, 0.6) is 0 Å². The van der Waals surface area contributed by atoms with Gasteiger partial charge < -0.3 is 4.74 Å². The number of aromatic nitrogens is 1. The van der Waals surface area contributed by atoms with Crippen molar-refractivity contribution in [2.24, 2.45) is 0 Å². The summed E-state index contributed by atoms with van der Waals surface area (Å²) in [7, 11) is 1.63. The molecule has 0 saturated carbocycles. The Morgan fingerprint density at radius 2 is 2.20 bits per heavy atom. The Morgan fingerprint density at radius 3 is 3.00 bits per heavy atom. The van der Waals surface area contributed by atoms with Crippen LogP contribution in [0.1, 0.15) is 5.56 Å². The fourth-order valence-corrected chi connectivity index (χ4v) is 3.36. The zero-order valence-corrected chi connectivity index (χ0v) is 12.3. The molecule has 0 atom stereocenters. The lowest BCUT2D eigenvalue weighted by molar-refractivity contribution is 0.185. The molecule has 0 bridgehead atoms. The lowest BCUT2D eigenvalue weighted by Crippen LogP contribution is -1.91. The number of pyridine rings is 1. The average molecular weight is 308 g/mol. The third kappa shape index (κ3) is 2.42. The van der Waals surface area contributed by atoms with Gasteiger partial charge in [0.25, 0.3) is 0 Å². The summed E-state index contributed by atoms with van der Waals surface area (Å²) in [6.45, 7) is 0.464. The first kappa shape index (κ1) is 13.5. The molecule has 3 rings (SSSR count). The van der Waals surface area contributed by atoms with Crippen LogP contribution in [0.2, 0.25) is 5.15 Å². The Balaban J connectivity index is 2.18. The van der Waals surface area contributed by atoms with E-state index in [0.29, 0.717) is 16.5 Å². The lowest BCUT2D eigenvalue weighted by atomic mass is 10.1. The number of nitrogens with zero attached hydrogens (tertiary/aromatic N) is 1. The molecular formula is C15H11ClFNOS. The van der Waals surface area contributed by atoms with Crippen molar-refractivity contribution in [3.05, 3.63) is 52.2 Å². The van der Waals surface area contributed by atoms with Crippen LogP contribution in [0.4, 0.5) is 4.39 Å². The quantitative estimate of drug-likeness (QED) is 0.642. The molecule has 0 aliphatic rings. The molecule has 0 amide bonds. The first-order valence-electron chi connectivity index (χ1n) is 6.00. The van der Waals surface area contributed by atoms with Gasteiger partial charge >= 0.3 is 0 Å². The van der Waals surface area contributed by atoms with E-state index in [2.05, 4.69) is 4.98 Å². The van der Waals surface area contributed by atoms with Crippen LogP contribution in [0.25, 0.3) is 21.3 Å². The first-order chi connectivity index (χ1) is 9.69. The van der Waals surface area contributed by atoms with E-state index in [0.717, 1.165) is 22.2 Å². The van der Waals surface area contributed by atoms with Gasteiger partial charge in [-0.15, -0.1) is 11.3 Å². The Hall–Kier alpha value is -1.49. The standard InChI is InChI=1S/C15H11ClFNOS/c1-19-7-9-5-13(18-14(16)6-9)11-8-20-15-10(11)3-2-4-12(15)17/h2-6,8H,7H2,1H3. The largest absolute Gasteiger partial charge is 0.380 e. The van der Waals surface area contributed by atoms with E-state index in [-0.39, 0.29) is 5.82 Å². The summed E-state index contributed by atoms with van der Waals surface area (Å²) in [6, 6.07) is 8.74. The van der Waals surface area contributed by atoms with E-state index in [9.17, 15) is 4.39 Å². The maximum atomic E-state index is 13.7. The number of rotatable bonds is 3. The van der Waals surface area contributed by atoms with Crippen LogP contribution >= 0.6 is 22.9 Å². The van der Waals surface area contributed by atoms with Crippen molar-refractivity contribution in [1.82, 2.24) is 4.98 Å². The van der Waals surface area contributed by atoms with Gasteiger partial charge in [0, 0.05) is 23.4 Å². The highest BCUT2D eigenvalue weighted by Gasteiger charge is 2.12. The fourth-order valence-electron chi connectivity index (χ4n) is 2.16. The summed E-state index contributed by atoms with van der Waals surface area (Å²) in [6.07, 6.45) is 0. The fraction of sp³-hybridized carbons (Fsp3) is 0.133. The number of fused-ring (bicyclic) bond motifs is 1. The number of ether oxygens (including phenoxy) is 1. The van der Waals surface area contributed by atoms with Gasteiger partial charge in [-0.3, -0.25) is 0 Å². The molecule has 20 heavy (non-hydrogen) atoms. The SMILES string of the molecule is COCc1cc(Cl)nc(-c2csc3c(F)cccc23)c1. The maximum Gasteiger partial charge on any atom is 0.141 e. The third-order valence-electron chi connectivity index (χ3n) is 2.99. The zero-order chi connectivity index (χ0) is 14.1. The van der Waals surface area contributed by atoms with Gasteiger partial charge in [-0.25, -0.2) is 9.37 Å². The molecule has 0 aliphatic carbocycles. The van der Waals surface area contributed by atoms with E-state index in [1.165, 1.54) is 17.4 Å². The Labute approximate surface area is 124 Å². The van der Waals surface area contributed by atoms with Crippen molar-refractivity contribution in [3.63, 3.8) is 0 Å². The van der Waals surface area contributed by atoms with Crippen LogP contribution in [0, 0.1) is 5.82 Å². The molecule has 2 heterocycles. The predicted octanol–water partition coefficient (Wildman–Crippen LogP) is 4.90. The second-order valence-electron chi connectivity index (χ2n) is 4.38. The number of hydrogen-bond acceptors (Lipinski definition) is 3. The molecule has 2 aromatic heterocycles. The molecule has 2 nitrogen and oxygen atoms in total. The van der Waals surface area contributed by atoms with Crippen molar-refractivity contribution >= 4 is 33.0 Å². The smallest absolute Gasteiger partial charge is 0.141 e. The molecular weight excluding hydrogens is 297 g/mol. The summed E-state index contributed by atoms with van der Waals surface area (Å²) >= 11 is 7.42. The molecule has 0 aliphatic heterocycles. The first-order valence-corrected chi connectivity index (χ1v) is 7.26. The summed E-state index contributed by atoms with van der Waals surface area (Å²) < 4.78 is 19.5. The van der Waals surface area contributed by atoms with Gasteiger partial charge in [0.15, 0.2) is 0 Å². The predicted molar refractivity (Wildman–Crippen MR) is 80.7 cm³/mol. The molecule has 1 aromatic carbocycles. The molecule has 102 valence electrons. The number of halogens is 2. The van der Waals surface area contributed by atoms with E-state index < -0.39 is 0 Å². The van der Waals surface area contributed by atoms with Crippen LogP contribution in [-0.2, 0) is 11.3 Å². The second-order valence-corrected chi connectivity index (χ2v) is 5.65. The van der Waals surface area contributed by atoms with Crippen LogP contribution < -0.4 is 0 Å². The van der Waals surface area contributed by atoms with Gasteiger partial charge in [-0.1, -0.05) is 23.7 Å². The minimum Gasteiger partial charge on any atom is -0.380 e. The minimum atomic E-state index is -0.210. The second kappa shape index (κ2) is 5.48. The van der Waals surface area contributed by atoms with Crippen molar-refractivity contribution in [1.29, 1.82) is 0 Å². The number of thiophene rings is 1. The van der Waals surface area contributed by atoms with Gasteiger partial charge in [0.1, 0.15) is 11.0 Å². The maximum absolute atomic E-state index is 13.7. The molecule has 0 radical (unpaired) electrons. The minimum absolute atomic E-state index is 0.210. The highest BCUT2D eigenvalue weighted by molar-refractivity contribution is 7.17. The van der Waals surface area contributed by atoms with Crippen molar-refractivity contribution < 1.29 is 9.13 Å².